The third kappa shape index (κ3) is 5.62. The maximum absolute atomic E-state index is 12.4. The summed E-state index contributed by atoms with van der Waals surface area (Å²) in [4.78, 5) is 25.9. The molecule has 2 aromatic rings. The number of methoxy groups -OCH3 is 1. The Hall–Kier alpha value is -2.35. The van der Waals surface area contributed by atoms with E-state index in [1.54, 1.807) is 30.2 Å². The molecule has 2 amide bonds. The van der Waals surface area contributed by atoms with Crippen LogP contribution in [0.3, 0.4) is 0 Å². The summed E-state index contributed by atoms with van der Waals surface area (Å²) in [5.41, 5.74) is 0.903. The molecule has 0 bridgehead atoms. The number of alkyl halides is 3. The van der Waals surface area contributed by atoms with Crippen molar-refractivity contribution < 1.29 is 23.8 Å². The molecular formula is C20H19Cl3N2O5. The highest BCUT2D eigenvalue weighted by Gasteiger charge is 2.31. The minimum absolute atomic E-state index is 0.0633. The Labute approximate surface area is 188 Å². The topological polar surface area (TPSA) is 77.1 Å². The van der Waals surface area contributed by atoms with Gasteiger partial charge < -0.3 is 24.4 Å². The van der Waals surface area contributed by atoms with E-state index in [-0.39, 0.29) is 12.5 Å². The second kappa shape index (κ2) is 9.64. The van der Waals surface area contributed by atoms with E-state index >= 15 is 0 Å². The van der Waals surface area contributed by atoms with Gasteiger partial charge in [-0.25, -0.2) is 0 Å². The zero-order valence-corrected chi connectivity index (χ0v) is 18.3. The van der Waals surface area contributed by atoms with E-state index in [1.165, 1.54) is 0 Å². The molecule has 0 radical (unpaired) electrons. The Morgan fingerprint density at radius 2 is 1.87 bits per heavy atom. The summed E-state index contributed by atoms with van der Waals surface area (Å²) >= 11 is 16.8. The van der Waals surface area contributed by atoms with Crippen LogP contribution in [0.4, 0.5) is 11.4 Å². The summed E-state index contributed by atoms with van der Waals surface area (Å²) in [6, 6.07) is 12.1. The molecule has 0 aliphatic carbocycles. The molecule has 160 valence electrons. The molecule has 0 saturated carbocycles. The van der Waals surface area contributed by atoms with Gasteiger partial charge in [-0.05, 0) is 48.9 Å². The van der Waals surface area contributed by atoms with Gasteiger partial charge in [0.1, 0.15) is 17.2 Å². The summed E-state index contributed by atoms with van der Waals surface area (Å²) in [6.45, 7) is 0.759. The molecule has 30 heavy (non-hydrogen) atoms. The van der Waals surface area contributed by atoms with Crippen LogP contribution in [-0.4, -0.2) is 42.5 Å². The maximum atomic E-state index is 12.4. The van der Waals surface area contributed by atoms with E-state index in [4.69, 9.17) is 49.0 Å². The van der Waals surface area contributed by atoms with E-state index in [9.17, 15) is 9.59 Å². The first-order valence-corrected chi connectivity index (χ1v) is 10.1. The number of nitrogens with zero attached hydrogens (tertiary/aromatic N) is 1. The molecule has 0 saturated heterocycles. The molecule has 0 aromatic heterocycles. The van der Waals surface area contributed by atoms with Crippen molar-refractivity contribution >= 4 is 58.0 Å². The number of halogens is 3. The molecule has 7 nitrogen and oxygen atoms in total. The van der Waals surface area contributed by atoms with Gasteiger partial charge in [0.2, 0.25) is 0 Å². The van der Waals surface area contributed by atoms with Crippen molar-refractivity contribution in [1.29, 1.82) is 0 Å². The van der Waals surface area contributed by atoms with Crippen LogP contribution < -0.4 is 24.4 Å². The molecule has 1 N–H and O–H groups in total. The third-order valence-electron chi connectivity index (χ3n) is 4.27. The summed E-state index contributed by atoms with van der Waals surface area (Å²) in [5.74, 6) is 0.987. The van der Waals surface area contributed by atoms with Crippen LogP contribution in [0.15, 0.2) is 42.5 Å². The molecule has 3 rings (SSSR count). The van der Waals surface area contributed by atoms with Crippen LogP contribution in [0, 0.1) is 0 Å². The minimum atomic E-state index is -2.10. The SMILES string of the molecule is COc1ccc(OCCCN2C(=O)COc3ccc(NC(=O)C(Cl)(Cl)Cl)cc32)cc1. The van der Waals surface area contributed by atoms with Crippen molar-refractivity contribution in [2.24, 2.45) is 0 Å². The number of hydrogen-bond donors (Lipinski definition) is 1. The first-order valence-electron chi connectivity index (χ1n) is 9.00. The number of nitrogens with one attached hydrogen (secondary N) is 1. The van der Waals surface area contributed by atoms with Gasteiger partial charge in [0.25, 0.3) is 15.6 Å². The van der Waals surface area contributed by atoms with Gasteiger partial charge in [-0.3, -0.25) is 9.59 Å². The molecule has 0 spiro atoms. The lowest BCUT2D eigenvalue weighted by molar-refractivity contribution is -0.121. The Morgan fingerprint density at radius 3 is 2.53 bits per heavy atom. The zero-order valence-electron chi connectivity index (χ0n) is 16.0. The monoisotopic (exact) mass is 472 g/mol. The Balaban J connectivity index is 1.63. The van der Waals surface area contributed by atoms with Crippen molar-refractivity contribution in [3.8, 4) is 17.2 Å². The van der Waals surface area contributed by atoms with Crippen LogP contribution in [-0.2, 0) is 9.59 Å². The fraction of sp³-hybridized carbons (Fsp3) is 0.300. The van der Waals surface area contributed by atoms with Gasteiger partial charge in [0, 0.05) is 12.2 Å². The lowest BCUT2D eigenvalue weighted by Crippen LogP contribution is -2.40. The van der Waals surface area contributed by atoms with Crippen molar-refractivity contribution in [3.05, 3.63) is 42.5 Å². The molecule has 1 aliphatic heterocycles. The lowest BCUT2D eigenvalue weighted by atomic mass is 10.2. The number of carbonyl (C=O) groups is 2. The van der Waals surface area contributed by atoms with Crippen LogP contribution >= 0.6 is 34.8 Å². The fourth-order valence-electron chi connectivity index (χ4n) is 2.81. The van der Waals surface area contributed by atoms with Crippen molar-refractivity contribution in [1.82, 2.24) is 0 Å². The molecule has 2 aromatic carbocycles. The predicted octanol–water partition coefficient (Wildman–Crippen LogP) is 4.20. The zero-order chi connectivity index (χ0) is 21.7. The smallest absolute Gasteiger partial charge is 0.276 e. The van der Waals surface area contributed by atoms with Crippen LogP contribution in [0.1, 0.15) is 6.42 Å². The van der Waals surface area contributed by atoms with E-state index in [0.29, 0.717) is 42.4 Å². The minimum Gasteiger partial charge on any atom is -0.497 e. The largest absolute Gasteiger partial charge is 0.497 e. The Bertz CT molecular complexity index is 916. The summed E-state index contributed by atoms with van der Waals surface area (Å²) in [6.07, 6.45) is 0.585. The maximum Gasteiger partial charge on any atom is 0.276 e. The molecule has 1 aliphatic rings. The number of ether oxygens (including phenoxy) is 3. The standard InChI is InChI=1S/C20H19Cl3N2O5/c1-28-14-4-6-15(7-5-14)29-10-2-9-25-16-11-13(24-19(27)20(21,22)23)3-8-17(16)30-12-18(25)26/h3-8,11H,2,9-10,12H2,1H3,(H,24,27). The number of amides is 2. The average molecular weight is 474 g/mol. The lowest BCUT2D eigenvalue weighted by Gasteiger charge is -2.30. The number of carbonyl (C=O) groups excluding carboxylic acids is 2. The number of rotatable bonds is 7. The van der Waals surface area contributed by atoms with Crippen molar-refractivity contribution in [2.75, 3.05) is 37.1 Å². The molecule has 10 heteroatoms. The molecule has 0 atom stereocenters. The van der Waals surface area contributed by atoms with Crippen LogP contribution in [0.2, 0.25) is 0 Å². The molecule has 1 heterocycles. The highest BCUT2D eigenvalue weighted by Crippen LogP contribution is 2.35. The summed E-state index contributed by atoms with van der Waals surface area (Å²) in [5, 5.41) is 2.50. The average Bonchev–Trinajstić information content (AvgIpc) is 2.72. The number of benzene rings is 2. The first kappa shape index (κ1) is 22.3. The van der Waals surface area contributed by atoms with Gasteiger partial charge in [0.05, 0.1) is 19.4 Å². The molecular weight excluding hydrogens is 455 g/mol. The Kier molecular flexibility index (Phi) is 7.18. The summed E-state index contributed by atoms with van der Waals surface area (Å²) in [7, 11) is 1.60. The fourth-order valence-corrected chi connectivity index (χ4v) is 2.95. The van der Waals surface area contributed by atoms with E-state index < -0.39 is 9.70 Å². The van der Waals surface area contributed by atoms with Gasteiger partial charge >= 0.3 is 0 Å². The van der Waals surface area contributed by atoms with Gasteiger partial charge in [-0.15, -0.1) is 0 Å². The van der Waals surface area contributed by atoms with Crippen molar-refractivity contribution in [2.45, 2.75) is 10.2 Å². The predicted molar refractivity (Wildman–Crippen MR) is 116 cm³/mol. The Morgan fingerprint density at radius 1 is 1.17 bits per heavy atom. The quantitative estimate of drug-likeness (QED) is 0.482. The van der Waals surface area contributed by atoms with Gasteiger partial charge in [-0.2, -0.15) is 0 Å². The van der Waals surface area contributed by atoms with Crippen LogP contribution in [0.5, 0.6) is 17.2 Å². The van der Waals surface area contributed by atoms with Gasteiger partial charge in [-0.1, -0.05) is 34.8 Å². The summed E-state index contributed by atoms with van der Waals surface area (Å²) < 4.78 is 14.2. The van der Waals surface area contributed by atoms with E-state index in [0.717, 1.165) is 5.75 Å². The normalized spacial score (nSPS) is 13.3. The van der Waals surface area contributed by atoms with Crippen molar-refractivity contribution in [3.63, 3.8) is 0 Å². The van der Waals surface area contributed by atoms with Gasteiger partial charge in [0.15, 0.2) is 6.61 Å². The third-order valence-corrected chi connectivity index (χ3v) is 4.79. The van der Waals surface area contributed by atoms with E-state index in [1.807, 2.05) is 24.3 Å². The number of fused-ring (bicyclic) bond motifs is 1. The van der Waals surface area contributed by atoms with E-state index in [2.05, 4.69) is 5.32 Å². The van der Waals surface area contributed by atoms with Crippen LogP contribution in [0.25, 0.3) is 0 Å². The second-order valence-electron chi connectivity index (χ2n) is 6.35. The highest BCUT2D eigenvalue weighted by molar-refractivity contribution is 6.76. The second-order valence-corrected chi connectivity index (χ2v) is 8.63. The highest BCUT2D eigenvalue weighted by atomic mass is 35.6. The number of hydrogen-bond acceptors (Lipinski definition) is 5. The molecule has 0 unspecified atom stereocenters. The first-order chi connectivity index (χ1) is 14.3. The number of anilines is 2. The molecule has 0 fully saturated rings.